The van der Waals surface area contributed by atoms with Gasteiger partial charge in [-0.05, 0) is 32.4 Å². The molecule has 3 heterocycles. The third-order valence-corrected chi connectivity index (χ3v) is 4.87. The first-order valence-electron chi connectivity index (χ1n) is 9.34. The molecular weight excluding hydrogens is 326 g/mol. The second kappa shape index (κ2) is 7.85. The summed E-state index contributed by atoms with van der Waals surface area (Å²) >= 11 is 0. The molecule has 136 valence electrons. The van der Waals surface area contributed by atoms with Gasteiger partial charge in [0.2, 0.25) is 0 Å². The lowest BCUT2D eigenvalue weighted by molar-refractivity contribution is 0.0706. The monoisotopic (exact) mass is 351 g/mol. The van der Waals surface area contributed by atoms with Crippen LogP contribution in [-0.4, -0.2) is 56.9 Å². The van der Waals surface area contributed by atoms with Crippen LogP contribution in [0.15, 0.2) is 48.7 Å². The summed E-state index contributed by atoms with van der Waals surface area (Å²) < 4.78 is 1.84. The van der Waals surface area contributed by atoms with Crippen LogP contribution in [-0.2, 0) is 0 Å². The lowest BCUT2D eigenvalue weighted by Gasteiger charge is -2.29. The van der Waals surface area contributed by atoms with Crippen LogP contribution >= 0.6 is 0 Å². The minimum absolute atomic E-state index is 0.158. The van der Waals surface area contributed by atoms with E-state index in [9.17, 15) is 5.11 Å². The largest absolute Gasteiger partial charge is 0.392 e. The van der Waals surface area contributed by atoms with Crippen LogP contribution in [0.5, 0.6) is 0 Å². The van der Waals surface area contributed by atoms with Crippen molar-refractivity contribution in [2.45, 2.75) is 25.4 Å². The van der Waals surface area contributed by atoms with Crippen LogP contribution in [0.2, 0.25) is 0 Å². The third kappa shape index (κ3) is 3.86. The summed E-state index contributed by atoms with van der Waals surface area (Å²) in [4.78, 5) is 7.05. The van der Waals surface area contributed by atoms with Crippen LogP contribution < -0.4 is 5.32 Å². The molecule has 0 saturated carbocycles. The highest BCUT2D eigenvalue weighted by molar-refractivity contribution is 5.66. The average Bonchev–Trinajstić information content (AvgIpc) is 3.15. The second-order valence-corrected chi connectivity index (χ2v) is 6.87. The molecule has 1 aliphatic rings. The van der Waals surface area contributed by atoms with Gasteiger partial charge in [0.05, 0.1) is 18.0 Å². The van der Waals surface area contributed by atoms with E-state index >= 15 is 0 Å². The Morgan fingerprint density at radius 1 is 1.19 bits per heavy atom. The number of benzene rings is 1. The molecule has 6 nitrogen and oxygen atoms in total. The van der Waals surface area contributed by atoms with Crippen molar-refractivity contribution in [1.29, 1.82) is 0 Å². The zero-order valence-electron chi connectivity index (χ0n) is 14.9. The van der Waals surface area contributed by atoms with Crippen molar-refractivity contribution in [3.05, 3.63) is 48.7 Å². The Morgan fingerprint density at radius 2 is 2.08 bits per heavy atom. The predicted molar refractivity (Wildman–Crippen MR) is 103 cm³/mol. The van der Waals surface area contributed by atoms with Crippen molar-refractivity contribution in [3.63, 3.8) is 0 Å². The predicted octanol–water partition coefficient (Wildman–Crippen LogP) is 2.66. The minimum Gasteiger partial charge on any atom is -0.392 e. The standard InChI is InChI=1S/C20H25N5O/c26-17-8-4-12-24(15-17)13-5-10-21-20-14-18(16-6-2-1-3-7-16)23-19-9-11-22-25(19)20/h1-3,6-7,9,11,14,17,21,26H,4-5,8,10,12-13,15H2/t17-/m1/s1. The Balaban J connectivity index is 1.43. The number of aliphatic hydroxyl groups is 1. The number of rotatable bonds is 6. The molecule has 1 saturated heterocycles. The van der Waals surface area contributed by atoms with Gasteiger partial charge in [0.1, 0.15) is 5.82 Å². The summed E-state index contributed by atoms with van der Waals surface area (Å²) in [6.45, 7) is 3.76. The van der Waals surface area contributed by atoms with Gasteiger partial charge < -0.3 is 15.3 Å². The van der Waals surface area contributed by atoms with Crippen molar-refractivity contribution in [3.8, 4) is 11.3 Å². The van der Waals surface area contributed by atoms with Gasteiger partial charge in [-0.2, -0.15) is 9.61 Å². The molecule has 2 aromatic heterocycles. The molecule has 1 fully saturated rings. The van der Waals surface area contributed by atoms with Crippen molar-refractivity contribution in [1.82, 2.24) is 19.5 Å². The van der Waals surface area contributed by atoms with E-state index < -0.39 is 0 Å². The second-order valence-electron chi connectivity index (χ2n) is 6.87. The summed E-state index contributed by atoms with van der Waals surface area (Å²) in [7, 11) is 0. The molecule has 0 aliphatic carbocycles. The van der Waals surface area contributed by atoms with Crippen LogP contribution in [0.3, 0.4) is 0 Å². The Morgan fingerprint density at radius 3 is 2.92 bits per heavy atom. The van der Waals surface area contributed by atoms with Crippen molar-refractivity contribution < 1.29 is 5.11 Å². The lowest BCUT2D eigenvalue weighted by Crippen LogP contribution is -2.39. The third-order valence-electron chi connectivity index (χ3n) is 4.87. The van der Waals surface area contributed by atoms with E-state index in [4.69, 9.17) is 4.98 Å². The number of anilines is 1. The van der Waals surface area contributed by atoms with Gasteiger partial charge >= 0.3 is 0 Å². The number of nitrogens with zero attached hydrogens (tertiary/aromatic N) is 4. The Labute approximate surface area is 153 Å². The highest BCUT2D eigenvalue weighted by Gasteiger charge is 2.16. The number of β-amino-alcohol motifs (C(OH)–C–C–N with tert-alkyl or cyclic N) is 1. The van der Waals surface area contributed by atoms with E-state index in [2.05, 4.69) is 33.5 Å². The molecule has 1 aromatic carbocycles. The van der Waals surface area contributed by atoms with Crippen LogP contribution in [0.25, 0.3) is 16.9 Å². The lowest BCUT2D eigenvalue weighted by atomic mass is 10.1. The normalized spacial score (nSPS) is 18.3. The topological polar surface area (TPSA) is 65.7 Å². The van der Waals surface area contributed by atoms with Crippen molar-refractivity contribution >= 4 is 11.5 Å². The fourth-order valence-electron chi connectivity index (χ4n) is 3.55. The number of likely N-dealkylation sites (tertiary alicyclic amines) is 1. The molecule has 1 atom stereocenters. The maximum absolute atomic E-state index is 9.77. The highest BCUT2D eigenvalue weighted by atomic mass is 16.3. The summed E-state index contributed by atoms with van der Waals surface area (Å²) in [6, 6.07) is 14.2. The van der Waals surface area contributed by atoms with Crippen LogP contribution in [0.4, 0.5) is 5.82 Å². The number of aromatic nitrogens is 3. The van der Waals surface area contributed by atoms with E-state index in [1.165, 1.54) is 0 Å². The summed E-state index contributed by atoms with van der Waals surface area (Å²) in [6.07, 6.45) is 4.67. The van der Waals surface area contributed by atoms with E-state index in [1.807, 2.05) is 28.8 Å². The SMILES string of the molecule is O[C@@H]1CCCN(CCCNc2cc(-c3ccccc3)nc3ccnn23)C1. The number of hydrogen-bond acceptors (Lipinski definition) is 5. The molecule has 0 unspecified atom stereocenters. The first-order valence-corrected chi connectivity index (χ1v) is 9.34. The highest BCUT2D eigenvalue weighted by Crippen LogP contribution is 2.22. The van der Waals surface area contributed by atoms with Gasteiger partial charge in [-0.15, -0.1) is 0 Å². The Bertz CT molecular complexity index is 848. The number of fused-ring (bicyclic) bond motifs is 1. The summed E-state index contributed by atoms with van der Waals surface area (Å²) in [5.41, 5.74) is 2.88. The quantitative estimate of drug-likeness (QED) is 0.669. The maximum Gasteiger partial charge on any atom is 0.157 e. The number of piperidine rings is 1. The smallest absolute Gasteiger partial charge is 0.157 e. The van der Waals surface area contributed by atoms with Gasteiger partial charge in [-0.1, -0.05) is 30.3 Å². The summed E-state index contributed by atoms with van der Waals surface area (Å²) in [5, 5.41) is 17.7. The first kappa shape index (κ1) is 17.0. The van der Waals surface area contributed by atoms with Gasteiger partial charge in [0.15, 0.2) is 5.65 Å². The van der Waals surface area contributed by atoms with Crippen LogP contribution in [0, 0.1) is 0 Å². The van der Waals surface area contributed by atoms with E-state index in [0.717, 1.165) is 68.2 Å². The molecule has 1 aliphatic heterocycles. The molecular formula is C20H25N5O. The van der Waals surface area contributed by atoms with Crippen LogP contribution in [0.1, 0.15) is 19.3 Å². The fourth-order valence-corrected chi connectivity index (χ4v) is 3.55. The van der Waals surface area contributed by atoms with Gasteiger partial charge in [0.25, 0.3) is 0 Å². The van der Waals surface area contributed by atoms with Gasteiger partial charge in [-0.3, -0.25) is 0 Å². The van der Waals surface area contributed by atoms with Crippen molar-refractivity contribution in [2.75, 3.05) is 31.5 Å². The molecule has 6 heteroatoms. The molecule has 0 bridgehead atoms. The van der Waals surface area contributed by atoms with E-state index in [-0.39, 0.29) is 6.10 Å². The van der Waals surface area contributed by atoms with Gasteiger partial charge in [-0.25, -0.2) is 4.98 Å². The number of nitrogens with one attached hydrogen (secondary N) is 1. The van der Waals surface area contributed by atoms with E-state index in [0.29, 0.717) is 0 Å². The Hall–Kier alpha value is -2.44. The van der Waals surface area contributed by atoms with E-state index in [1.54, 1.807) is 6.20 Å². The minimum atomic E-state index is -0.158. The molecule has 2 N–H and O–H groups in total. The molecule has 3 aromatic rings. The zero-order valence-corrected chi connectivity index (χ0v) is 14.9. The van der Waals surface area contributed by atoms with Gasteiger partial charge in [0, 0.05) is 30.8 Å². The Kier molecular flexibility index (Phi) is 5.13. The molecule has 4 rings (SSSR count). The average molecular weight is 351 g/mol. The molecule has 0 radical (unpaired) electrons. The number of hydrogen-bond donors (Lipinski definition) is 2. The molecule has 26 heavy (non-hydrogen) atoms. The molecule has 0 amide bonds. The first-order chi connectivity index (χ1) is 12.8. The summed E-state index contributed by atoms with van der Waals surface area (Å²) in [5.74, 6) is 0.956. The zero-order chi connectivity index (χ0) is 17.8. The fraction of sp³-hybridized carbons (Fsp3) is 0.400. The van der Waals surface area contributed by atoms with Crippen molar-refractivity contribution in [2.24, 2.45) is 0 Å². The number of aliphatic hydroxyl groups excluding tert-OH is 1. The molecule has 0 spiro atoms. The maximum atomic E-state index is 9.77.